The van der Waals surface area contributed by atoms with Crippen molar-refractivity contribution in [3.05, 3.63) is 44.8 Å². The maximum atomic E-state index is 12.3. The molecule has 2 aliphatic rings. The first-order valence-electron chi connectivity index (χ1n) is 9.30. The van der Waals surface area contributed by atoms with E-state index in [2.05, 4.69) is 24.6 Å². The van der Waals surface area contributed by atoms with Gasteiger partial charge in [0, 0.05) is 42.6 Å². The van der Waals surface area contributed by atoms with Crippen molar-refractivity contribution in [1.29, 1.82) is 0 Å². The molecule has 0 atom stereocenters. The standard InChI is InChI=1S/C18H22N6OS/c1-12-11-26-18-19-14(9-16(25)24(12)18)10-22-7-4-13(5-8-22)17-21-20-15-3-2-6-23(15)17/h9,11,13H,2-8,10H2,1H3. The lowest BCUT2D eigenvalue weighted by atomic mass is 9.96. The van der Waals surface area contributed by atoms with Gasteiger partial charge in [0.05, 0.1) is 5.69 Å². The summed E-state index contributed by atoms with van der Waals surface area (Å²) in [6, 6.07) is 1.68. The van der Waals surface area contributed by atoms with Gasteiger partial charge in [-0.25, -0.2) is 4.98 Å². The summed E-state index contributed by atoms with van der Waals surface area (Å²) in [7, 11) is 0. The molecular weight excluding hydrogens is 348 g/mol. The summed E-state index contributed by atoms with van der Waals surface area (Å²) in [5, 5.41) is 10.8. The zero-order chi connectivity index (χ0) is 17.7. The van der Waals surface area contributed by atoms with Crippen LogP contribution in [0.3, 0.4) is 0 Å². The van der Waals surface area contributed by atoms with Crippen LogP contribution in [0.4, 0.5) is 0 Å². The number of likely N-dealkylation sites (tertiary alicyclic amines) is 1. The molecule has 0 spiro atoms. The molecule has 3 aromatic rings. The Morgan fingerprint density at radius 1 is 1.23 bits per heavy atom. The summed E-state index contributed by atoms with van der Waals surface area (Å²) >= 11 is 1.53. The quantitative estimate of drug-likeness (QED) is 0.705. The fraction of sp³-hybridized carbons (Fsp3) is 0.556. The highest BCUT2D eigenvalue weighted by Crippen LogP contribution is 2.29. The molecule has 1 fully saturated rings. The molecule has 8 heteroatoms. The maximum absolute atomic E-state index is 12.3. The minimum atomic E-state index is 0.0256. The average Bonchev–Trinajstić information content (AvgIpc) is 3.32. The SMILES string of the molecule is Cc1csc2nc(CN3CCC(c4nnc5n4CCC5)CC3)cc(=O)n12. The smallest absolute Gasteiger partial charge is 0.259 e. The molecule has 0 aromatic carbocycles. The van der Waals surface area contributed by atoms with Gasteiger partial charge in [-0.2, -0.15) is 0 Å². The van der Waals surface area contributed by atoms with Crippen LogP contribution in [0.25, 0.3) is 4.96 Å². The lowest BCUT2D eigenvalue weighted by Crippen LogP contribution is -2.34. The van der Waals surface area contributed by atoms with E-state index in [0.29, 0.717) is 5.92 Å². The van der Waals surface area contributed by atoms with Crippen LogP contribution in [0.15, 0.2) is 16.2 Å². The van der Waals surface area contributed by atoms with Gasteiger partial charge in [-0.15, -0.1) is 21.5 Å². The van der Waals surface area contributed by atoms with Gasteiger partial charge in [0.25, 0.3) is 5.56 Å². The summed E-state index contributed by atoms with van der Waals surface area (Å²) in [6.45, 7) is 5.78. The molecule has 5 rings (SSSR count). The molecule has 7 nitrogen and oxygen atoms in total. The van der Waals surface area contributed by atoms with Crippen molar-refractivity contribution < 1.29 is 0 Å². The minimum absolute atomic E-state index is 0.0256. The van der Waals surface area contributed by atoms with E-state index in [1.165, 1.54) is 23.6 Å². The van der Waals surface area contributed by atoms with Gasteiger partial charge in [0.15, 0.2) is 4.96 Å². The number of aryl methyl sites for hydroxylation is 2. The number of rotatable bonds is 3. The largest absolute Gasteiger partial charge is 0.315 e. The second kappa shape index (κ2) is 6.28. The highest BCUT2D eigenvalue weighted by Gasteiger charge is 2.27. The van der Waals surface area contributed by atoms with Crippen LogP contribution < -0.4 is 5.56 Å². The predicted octanol–water partition coefficient (Wildman–Crippen LogP) is 1.98. The van der Waals surface area contributed by atoms with Crippen molar-refractivity contribution in [2.24, 2.45) is 0 Å². The highest BCUT2D eigenvalue weighted by molar-refractivity contribution is 7.15. The van der Waals surface area contributed by atoms with E-state index >= 15 is 0 Å². The first-order valence-corrected chi connectivity index (χ1v) is 10.2. The third-order valence-corrected chi connectivity index (χ3v) is 6.55. The lowest BCUT2D eigenvalue weighted by Gasteiger charge is -2.31. The summed E-state index contributed by atoms with van der Waals surface area (Å²) in [4.78, 5) is 20.2. The van der Waals surface area contributed by atoms with Crippen molar-refractivity contribution in [3.8, 4) is 0 Å². The summed E-state index contributed by atoms with van der Waals surface area (Å²) in [5.74, 6) is 2.85. The molecule has 1 saturated heterocycles. The van der Waals surface area contributed by atoms with Gasteiger partial charge in [-0.3, -0.25) is 14.1 Å². The number of piperidine rings is 1. The van der Waals surface area contributed by atoms with Crippen LogP contribution >= 0.6 is 11.3 Å². The Hall–Kier alpha value is -2.06. The van der Waals surface area contributed by atoms with E-state index in [9.17, 15) is 4.79 Å². The molecule has 0 amide bonds. The zero-order valence-electron chi connectivity index (χ0n) is 14.9. The van der Waals surface area contributed by atoms with Gasteiger partial charge < -0.3 is 4.57 Å². The Labute approximate surface area is 155 Å². The Bertz CT molecular complexity index is 1010. The summed E-state index contributed by atoms with van der Waals surface area (Å²) in [5.41, 5.74) is 1.85. The van der Waals surface area contributed by atoms with Gasteiger partial charge in [-0.1, -0.05) is 0 Å². The molecular formula is C18H22N6OS. The number of aromatic nitrogens is 5. The second-order valence-corrected chi connectivity index (χ2v) is 8.20. The van der Waals surface area contributed by atoms with E-state index in [0.717, 1.165) is 67.6 Å². The third kappa shape index (κ3) is 2.68. The number of hydrogen-bond acceptors (Lipinski definition) is 6. The molecule has 0 aliphatic carbocycles. The van der Waals surface area contributed by atoms with E-state index in [4.69, 9.17) is 0 Å². The van der Waals surface area contributed by atoms with E-state index in [1.54, 1.807) is 10.5 Å². The predicted molar refractivity (Wildman–Crippen MR) is 99.7 cm³/mol. The number of thiazole rings is 1. The fourth-order valence-electron chi connectivity index (χ4n) is 4.24. The number of fused-ring (bicyclic) bond motifs is 2. The Balaban J connectivity index is 1.28. The number of hydrogen-bond donors (Lipinski definition) is 0. The average molecular weight is 370 g/mol. The third-order valence-electron chi connectivity index (χ3n) is 5.61. The molecule has 2 aliphatic heterocycles. The number of nitrogens with zero attached hydrogens (tertiary/aromatic N) is 6. The topological polar surface area (TPSA) is 68.3 Å². The van der Waals surface area contributed by atoms with Gasteiger partial charge in [0.1, 0.15) is 11.6 Å². The van der Waals surface area contributed by atoms with Crippen molar-refractivity contribution in [3.63, 3.8) is 0 Å². The molecule has 0 N–H and O–H groups in total. The molecule has 5 heterocycles. The molecule has 0 unspecified atom stereocenters. The highest BCUT2D eigenvalue weighted by atomic mass is 32.1. The van der Waals surface area contributed by atoms with Crippen molar-refractivity contribution in [2.75, 3.05) is 13.1 Å². The summed E-state index contributed by atoms with van der Waals surface area (Å²) in [6.07, 6.45) is 4.45. The molecule has 136 valence electrons. The first-order chi connectivity index (χ1) is 12.7. The van der Waals surface area contributed by atoms with Crippen LogP contribution in [0.2, 0.25) is 0 Å². The normalized spacial score (nSPS) is 18.7. The summed E-state index contributed by atoms with van der Waals surface area (Å²) < 4.78 is 4.02. The van der Waals surface area contributed by atoms with Gasteiger partial charge >= 0.3 is 0 Å². The molecule has 0 radical (unpaired) electrons. The molecule has 26 heavy (non-hydrogen) atoms. The van der Waals surface area contributed by atoms with E-state index < -0.39 is 0 Å². The van der Waals surface area contributed by atoms with Crippen LogP contribution in [0.5, 0.6) is 0 Å². The van der Waals surface area contributed by atoms with Crippen molar-refractivity contribution in [2.45, 2.75) is 51.6 Å². The maximum Gasteiger partial charge on any atom is 0.259 e. The van der Waals surface area contributed by atoms with Crippen LogP contribution in [-0.2, 0) is 19.5 Å². The lowest BCUT2D eigenvalue weighted by molar-refractivity contribution is 0.198. The van der Waals surface area contributed by atoms with Crippen molar-refractivity contribution >= 4 is 16.3 Å². The Morgan fingerprint density at radius 2 is 2.08 bits per heavy atom. The van der Waals surface area contributed by atoms with Crippen LogP contribution in [-0.4, -0.2) is 42.1 Å². The molecule has 0 saturated carbocycles. The fourth-order valence-corrected chi connectivity index (χ4v) is 5.13. The van der Waals surface area contributed by atoms with E-state index in [1.807, 2.05) is 12.3 Å². The monoisotopic (exact) mass is 370 g/mol. The van der Waals surface area contributed by atoms with Crippen LogP contribution in [0, 0.1) is 6.92 Å². The molecule has 0 bridgehead atoms. The Morgan fingerprint density at radius 3 is 2.92 bits per heavy atom. The zero-order valence-corrected chi connectivity index (χ0v) is 15.7. The first kappa shape index (κ1) is 16.1. The minimum Gasteiger partial charge on any atom is -0.315 e. The molecule has 3 aromatic heterocycles. The Kier molecular flexibility index (Phi) is 3.90. The van der Waals surface area contributed by atoms with Gasteiger partial charge in [-0.05, 0) is 39.3 Å². The van der Waals surface area contributed by atoms with E-state index in [-0.39, 0.29) is 5.56 Å². The second-order valence-electron chi connectivity index (χ2n) is 7.36. The van der Waals surface area contributed by atoms with Gasteiger partial charge in [0.2, 0.25) is 0 Å². The van der Waals surface area contributed by atoms with Crippen LogP contribution in [0.1, 0.15) is 48.2 Å². The van der Waals surface area contributed by atoms with Crippen molar-refractivity contribution in [1.82, 2.24) is 29.0 Å².